The van der Waals surface area contributed by atoms with Gasteiger partial charge in [0.1, 0.15) is 0 Å². The fraction of sp³-hybridized carbons (Fsp3) is 0.308. The summed E-state index contributed by atoms with van der Waals surface area (Å²) < 4.78 is 0.529. The second-order valence-corrected chi connectivity index (χ2v) is 5.16. The number of carbonyl (C=O) groups excluding carboxylic acids is 2. The summed E-state index contributed by atoms with van der Waals surface area (Å²) in [4.78, 5) is 36.1. The monoisotopic (exact) mass is 325 g/mol. The summed E-state index contributed by atoms with van der Waals surface area (Å²) in [6.07, 6.45) is 1.96. The zero-order chi connectivity index (χ0) is 14.0. The molecule has 1 fully saturated rings. The minimum atomic E-state index is -1.09. The van der Waals surface area contributed by atoms with E-state index < -0.39 is 5.97 Å². The molecule has 2 amide bonds. The normalized spacial score (nSPS) is 16.4. The number of nitrogens with zero attached hydrogens (tertiary/aromatic N) is 1. The van der Waals surface area contributed by atoms with Crippen molar-refractivity contribution in [3.8, 4) is 0 Å². The van der Waals surface area contributed by atoms with E-state index in [9.17, 15) is 14.4 Å². The van der Waals surface area contributed by atoms with E-state index in [4.69, 9.17) is 5.11 Å². The number of carboxylic acid groups (broad SMARTS) is 1. The van der Waals surface area contributed by atoms with Crippen LogP contribution in [-0.4, -0.2) is 22.9 Å². The first kappa shape index (κ1) is 13.7. The van der Waals surface area contributed by atoms with E-state index in [0.29, 0.717) is 35.8 Å². The van der Waals surface area contributed by atoms with Crippen LogP contribution in [0, 0.1) is 0 Å². The largest absolute Gasteiger partial charge is 0.478 e. The minimum Gasteiger partial charge on any atom is -0.478 e. The number of amides is 2. The Labute approximate surface area is 118 Å². The van der Waals surface area contributed by atoms with Gasteiger partial charge in [0.25, 0.3) is 0 Å². The van der Waals surface area contributed by atoms with Gasteiger partial charge in [0.05, 0.1) is 11.3 Å². The SMILES string of the molecule is O=C(O)c1ccc(Br)c(N2C(=O)CCCCC2=O)c1. The van der Waals surface area contributed by atoms with Crippen molar-refractivity contribution in [3.63, 3.8) is 0 Å². The minimum absolute atomic E-state index is 0.0445. The third kappa shape index (κ3) is 2.84. The second-order valence-electron chi connectivity index (χ2n) is 4.30. The molecular weight excluding hydrogens is 314 g/mol. The summed E-state index contributed by atoms with van der Waals surface area (Å²) in [5.74, 6) is -1.67. The number of hydrogen-bond acceptors (Lipinski definition) is 3. The quantitative estimate of drug-likeness (QED) is 0.848. The maximum Gasteiger partial charge on any atom is 0.335 e. The molecule has 2 rings (SSSR count). The highest BCUT2D eigenvalue weighted by atomic mass is 79.9. The molecule has 0 atom stereocenters. The third-order valence-corrected chi connectivity index (χ3v) is 3.63. The van der Waals surface area contributed by atoms with Gasteiger partial charge in [-0.25, -0.2) is 9.69 Å². The summed E-state index contributed by atoms with van der Waals surface area (Å²) in [5, 5.41) is 8.98. The molecule has 100 valence electrons. The molecule has 1 aromatic carbocycles. The molecule has 5 nitrogen and oxygen atoms in total. The van der Waals surface area contributed by atoms with E-state index in [2.05, 4.69) is 15.9 Å². The molecule has 1 heterocycles. The van der Waals surface area contributed by atoms with Crippen LogP contribution in [0.5, 0.6) is 0 Å². The van der Waals surface area contributed by atoms with E-state index >= 15 is 0 Å². The first-order valence-corrected chi connectivity index (χ1v) is 6.68. The molecular formula is C13H12BrNO4. The molecule has 1 aromatic rings. The molecule has 0 radical (unpaired) electrons. The molecule has 1 saturated heterocycles. The van der Waals surface area contributed by atoms with E-state index in [1.807, 2.05) is 0 Å². The van der Waals surface area contributed by atoms with Crippen molar-refractivity contribution < 1.29 is 19.5 Å². The second kappa shape index (κ2) is 5.52. The maximum absolute atomic E-state index is 12.0. The van der Waals surface area contributed by atoms with Gasteiger partial charge in [-0.1, -0.05) is 0 Å². The summed E-state index contributed by atoms with van der Waals surface area (Å²) in [6, 6.07) is 4.29. The van der Waals surface area contributed by atoms with Crippen molar-refractivity contribution in [3.05, 3.63) is 28.2 Å². The van der Waals surface area contributed by atoms with E-state index in [0.717, 1.165) is 4.90 Å². The van der Waals surface area contributed by atoms with Crippen molar-refractivity contribution in [2.24, 2.45) is 0 Å². The molecule has 1 N–H and O–H groups in total. The van der Waals surface area contributed by atoms with Crippen LogP contribution in [0.2, 0.25) is 0 Å². The van der Waals surface area contributed by atoms with Gasteiger partial charge in [-0.3, -0.25) is 9.59 Å². The van der Waals surface area contributed by atoms with Crippen LogP contribution in [0.15, 0.2) is 22.7 Å². The maximum atomic E-state index is 12.0. The van der Waals surface area contributed by atoms with Crippen molar-refractivity contribution in [2.45, 2.75) is 25.7 Å². The lowest BCUT2D eigenvalue weighted by Crippen LogP contribution is -2.35. The van der Waals surface area contributed by atoms with Crippen LogP contribution in [0.4, 0.5) is 5.69 Å². The fourth-order valence-corrected chi connectivity index (χ4v) is 2.42. The van der Waals surface area contributed by atoms with E-state index in [1.165, 1.54) is 18.2 Å². The van der Waals surface area contributed by atoms with Crippen molar-refractivity contribution >= 4 is 39.4 Å². The van der Waals surface area contributed by atoms with Crippen LogP contribution >= 0.6 is 15.9 Å². The van der Waals surface area contributed by atoms with Crippen LogP contribution in [0.3, 0.4) is 0 Å². The van der Waals surface area contributed by atoms with Crippen LogP contribution in [-0.2, 0) is 9.59 Å². The molecule has 1 aliphatic heterocycles. The van der Waals surface area contributed by atoms with E-state index in [1.54, 1.807) is 0 Å². The van der Waals surface area contributed by atoms with Crippen molar-refractivity contribution in [2.75, 3.05) is 4.90 Å². The van der Waals surface area contributed by atoms with Crippen molar-refractivity contribution in [1.82, 2.24) is 0 Å². The lowest BCUT2D eigenvalue weighted by molar-refractivity contribution is -0.125. The van der Waals surface area contributed by atoms with Crippen LogP contribution in [0.25, 0.3) is 0 Å². The molecule has 19 heavy (non-hydrogen) atoms. The molecule has 0 bridgehead atoms. The average Bonchev–Trinajstić information content (AvgIpc) is 2.52. The van der Waals surface area contributed by atoms with Gasteiger partial charge in [-0.2, -0.15) is 0 Å². The van der Waals surface area contributed by atoms with Gasteiger partial charge < -0.3 is 5.11 Å². The Morgan fingerprint density at radius 1 is 1.16 bits per heavy atom. The predicted molar refractivity (Wildman–Crippen MR) is 72.1 cm³/mol. The number of rotatable bonds is 2. The first-order chi connectivity index (χ1) is 9.00. The average molecular weight is 326 g/mol. The van der Waals surface area contributed by atoms with Crippen LogP contribution < -0.4 is 4.90 Å². The van der Waals surface area contributed by atoms with Gasteiger partial charge in [0, 0.05) is 17.3 Å². The van der Waals surface area contributed by atoms with Gasteiger partial charge in [-0.05, 0) is 47.0 Å². The molecule has 0 aliphatic carbocycles. The zero-order valence-electron chi connectivity index (χ0n) is 10.1. The van der Waals surface area contributed by atoms with Crippen molar-refractivity contribution in [1.29, 1.82) is 0 Å². The number of anilines is 1. The van der Waals surface area contributed by atoms with Crippen LogP contribution in [0.1, 0.15) is 36.0 Å². The lowest BCUT2D eigenvalue weighted by Gasteiger charge is -2.20. The summed E-state index contributed by atoms with van der Waals surface area (Å²) in [6.45, 7) is 0. The summed E-state index contributed by atoms with van der Waals surface area (Å²) in [7, 11) is 0. The molecule has 1 aliphatic rings. The summed E-state index contributed by atoms with van der Waals surface area (Å²) in [5.41, 5.74) is 0.347. The molecule has 0 aromatic heterocycles. The standard InChI is InChI=1S/C13H12BrNO4/c14-9-6-5-8(13(18)19)7-10(9)15-11(16)3-1-2-4-12(15)17/h5-7H,1-4H2,(H,18,19). The molecule has 0 unspecified atom stereocenters. The highest BCUT2D eigenvalue weighted by molar-refractivity contribution is 9.10. The number of carboxylic acids is 1. The van der Waals surface area contributed by atoms with Gasteiger partial charge in [0.2, 0.25) is 11.8 Å². The number of hydrogen-bond donors (Lipinski definition) is 1. The Morgan fingerprint density at radius 2 is 1.74 bits per heavy atom. The number of halogens is 1. The fourth-order valence-electron chi connectivity index (χ4n) is 2.00. The van der Waals surface area contributed by atoms with E-state index in [-0.39, 0.29) is 17.4 Å². The smallest absolute Gasteiger partial charge is 0.335 e. The van der Waals surface area contributed by atoms with Gasteiger partial charge in [-0.15, -0.1) is 0 Å². The lowest BCUT2D eigenvalue weighted by atomic mass is 10.2. The zero-order valence-corrected chi connectivity index (χ0v) is 11.6. The predicted octanol–water partition coefficient (Wildman–Crippen LogP) is 2.58. The Hall–Kier alpha value is -1.69. The van der Waals surface area contributed by atoms with Gasteiger partial charge >= 0.3 is 5.97 Å². The van der Waals surface area contributed by atoms with Gasteiger partial charge in [0.15, 0.2) is 0 Å². The Morgan fingerprint density at radius 3 is 2.26 bits per heavy atom. The molecule has 0 spiro atoms. The Balaban J connectivity index is 2.48. The number of aromatic carboxylic acids is 1. The summed E-state index contributed by atoms with van der Waals surface area (Å²) >= 11 is 3.26. The number of benzene rings is 1. The topological polar surface area (TPSA) is 74.7 Å². The molecule has 0 saturated carbocycles. The highest BCUT2D eigenvalue weighted by Gasteiger charge is 2.27. The number of imide groups is 1. The third-order valence-electron chi connectivity index (χ3n) is 2.96. The Kier molecular flexibility index (Phi) is 3.99. The highest BCUT2D eigenvalue weighted by Crippen LogP contribution is 2.30. The Bertz CT molecular complexity index is 538. The first-order valence-electron chi connectivity index (χ1n) is 5.89. The number of carbonyl (C=O) groups is 3. The molecule has 6 heteroatoms.